The van der Waals surface area contributed by atoms with E-state index in [0.717, 1.165) is 18.2 Å². The molecule has 0 amide bonds. The molecule has 1 aromatic heterocycles. The third-order valence-electron chi connectivity index (χ3n) is 2.45. The number of allylic oxidation sites excluding steroid dienone is 1. The molecule has 0 bridgehead atoms. The molecule has 0 unspecified atom stereocenters. The minimum atomic E-state index is 0.283. The van der Waals surface area contributed by atoms with Crippen LogP contribution >= 0.6 is 11.3 Å². The molecule has 1 aromatic rings. The number of hydrogen-bond donors (Lipinski definition) is 3. The van der Waals surface area contributed by atoms with Crippen LogP contribution in [-0.4, -0.2) is 17.6 Å². The summed E-state index contributed by atoms with van der Waals surface area (Å²) in [6, 6.07) is 4.09. The van der Waals surface area contributed by atoms with E-state index >= 15 is 0 Å². The van der Waals surface area contributed by atoms with Crippen LogP contribution < -0.4 is 10.6 Å². The number of rotatable bonds is 4. The van der Waals surface area contributed by atoms with Crippen LogP contribution in [0.4, 0.5) is 0 Å². The Labute approximate surface area is 110 Å². The first-order valence-electron chi connectivity index (χ1n) is 5.51. The molecule has 0 saturated carbocycles. The molecular weight excluding hydrogens is 246 g/mol. The second-order valence-corrected chi connectivity index (χ2v) is 4.66. The third kappa shape index (κ3) is 2.60. The average molecular weight is 261 g/mol. The van der Waals surface area contributed by atoms with Crippen LogP contribution in [0.3, 0.4) is 0 Å². The lowest BCUT2D eigenvalue weighted by molar-refractivity contribution is 0.489. The summed E-state index contributed by atoms with van der Waals surface area (Å²) in [5.41, 5.74) is 0. The van der Waals surface area contributed by atoms with Gasteiger partial charge in [0.2, 0.25) is 0 Å². The topological polar surface area (TPSA) is 63.5 Å². The second kappa shape index (κ2) is 5.50. The summed E-state index contributed by atoms with van der Waals surface area (Å²) in [6.45, 7) is 6.07. The first-order chi connectivity index (χ1) is 8.74. The highest BCUT2D eigenvalue weighted by Crippen LogP contribution is 2.13. The minimum Gasteiger partial charge on any atom is -0.367 e. The summed E-state index contributed by atoms with van der Waals surface area (Å²) < 4.78 is 0. The largest absolute Gasteiger partial charge is 0.367 e. The van der Waals surface area contributed by atoms with Crippen molar-refractivity contribution in [3.63, 3.8) is 0 Å². The van der Waals surface area contributed by atoms with Gasteiger partial charge >= 0.3 is 0 Å². The van der Waals surface area contributed by atoms with E-state index in [0.29, 0.717) is 0 Å². The zero-order chi connectivity index (χ0) is 13.0. The van der Waals surface area contributed by atoms with Crippen LogP contribution in [-0.2, 0) is 6.54 Å². The van der Waals surface area contributed by atoms with E-state index in [4.69, 9.17) is 5.41 Å². The molecule has 0 atom stereocenters. The highest BCUT2D eigenvalue weighted by atomic mass is 32.1. The normalized spacial score (nSPS) is 17.4. The predicted octanol–water partition coefficient (Wildman–Crippen LogP) is 2.04. The van der Waals surface area contributed by atoms with Crippen LogP contribution in [0.5, 0.6) is 0 Å². The van der Waals surface area contributed by atoms with Crippen LogP contribution in [0.1, 0.15) is 11.8 Å². The lowest BCUT2D eigenvalue weighted by atomic mass is 10.3. The van der Waals surface area contributed by atoms with Crippen molar-refractivity contribution >= 4 is 23.9 Å². The smallest absolute Gasteiger partial charge is 0.151 e. The monoisotopic (exact) mass is 261 g/mol. The molecule has 0 fully saturated rings. The Kier molecular flexibility index (Phi) is 3.78. The number of amidine groups is 1. The summed E-state index contributed by atoms with van der Waals surface area (Å²) in [4.78, 5) is 1.25. The first kappa shape index (κ1) is 12.4. The molecule has 0 saturated heterocycles. The number of nitrogens with one attached hydrogen (secondary N) is 3. The zero-order valence-corrected chi connectivity index (χ0v) is 10.9. The number of hydrogen-bond acceptors (Lipinski definition) is 5. The van der Waals surface area contributed by atoms with Gasteiger partial charge in [-0.3, -0.25) is 5.41 Å². The van der Waals surface area contributed by atoms with Crippen LogP contribution in [0.2, 0.25) is 0 Å². The summed E-state index contributed by atoms with van der Waals surface area (Å²) in [5.74, 6) is 1.80. The molecule has 6 heteroatoms. The Morgan fingerprint density at radius 3 is 3.11 bits per heavy atom. The van der Waals surface area contributed by atoms with Gasteiger partial charge in [0, 0.05) is 17.7 Å². The Morgan fingerprint density at radius 1 is 1.67 bits per heavy atom. The van der Waals surface area contributed by atoms with Crippen molar-refractivity contribution in [3.05, 3.63) is 46.2 Å². The average Bonchev–Trinajstić information content (AvgIpc) is 2.88. The summed E-state index contributed by atoms with van der Waals surface area (Å²) in [6.07, 6.45) is 3.54. The minimum absolute atomic E-state index is 0.283. The van der Waals surface area contributed by atoms with E-state index in [2.05, 4.69) is 28.5 Å². The van der Waals surface area contributed by atoms with Crippen molar-refractivity contribution in [3.8, 4) is 0 Å². The highest BCUT2D eigenvalue weighted by Gasteiger charge is 2.18. The molecule has 3 N–H and O–H groups in total. The van der Waals surface area contributed by atoms with Gasteiger partial charge in [-0.2, -0.15) is 5.10 Å². The Bertz CT molecular complexity index is 501. The Hall–Kier alpha value is -2.08. The van der Waals surface area contributed by atoms with Crippen molar-refractivity contribution < 1.29 is 0 Å². The van der Waals surface area contributed by atoms with Gasteiger partial charge < -0.3 is 10.6 Å². The van der Waals surface area contributed by atoms with Gasteiger partial charge in [0.25, 0.3) is 0 Å². The van der Waals surface area contributed by atoms with E-state index in [1.54, 1.807) is 17.4 Å². The van der Waals surface area contributed by atoms with Crippen LogP contribution in [0.25, 0.3) is 0 Å². The lowest BCUT2D eigenvalue weighted by Crippen LogP contribution is -2.40. The van der Waals surface area contributed by atoms with Crippen molar-refractivity contribution in [2.45, 2.75) is 13.5 Å². The van der Waals surface area contributed by atoms with Crippen LogP contribution in [0.15, 0.2) is 46.4 Å². The number of hydrazone groups is 1. The molecule has 0 aromatic carbocycles. The summed E-state index contributed by atoms with van der Waals surface area (Å²) in [5, 5.41) is 21.5. The van der Waals surface area contributed by atoms with Gasteiger partial charge in [0.1, 0.15) is 11.6 Å². The molecule has 0 aliphatic carbocycles. The highest BCUT2D eigenvalue weighted by molar-refractivity contribution is 7.09. The predicted molar refractivity (Wildman–Crippen MR) is 75.2 cm³/mol. The van der Waals surface area contributed by atoms with Crippen molar-refractivity contribution in [1.29, 1.82) is 5.41 Å². The molecule has 1 aliphatic heterocycles. The van der Waals surface area contributed by atoms with E-state index in [-0.39, 0.29) is 5.84 Å². The van der Waals surface area contributed by atoms with Gasteiger partial charge in [-0.15, -0.1) is 11.3 Å². The Balaban J connectivity index is 2.06. The summed E-state index contributed by atoms with van der Waals surface area (Å²) in [7, 11) is 0. The van der Waals surface area contributed by atoms with Crippen molar-refractivity contribution in [1.82, 2.24) is 15.6 Å². The van der Waals surface area contributed by atoms with E-state index in [1.807, 2.05) is 24.4 Å². The van der Waals surface area contributed by atoms with Crippen molar-refractivity contribution in [2.24, 2.45) is 5.10 Å². The lowest BCUT2D eigenvalue weighted by Gasteiger charge is -2.28. The summed E-state index contributed by atoms with van der Waals surface area (Å²) >= 11 is 1.70. The number of nitrogens with zero attached hydrogens (tertiary/aromatic N) is 2. The Morgan fingerprint density at radius 2 is 2.50 bits per heavy atom. The van der Waals surface area contributed by atoms with E-state index in [9.17, 15) is 0 Å². The molecule has 18 heavy (non-hydrogen) atoms. The molecule has 5 nitrogen and oxygen atoms in total. The fraction of sp³-hybridized carbons (Fsp3) is 0.167. The molecule has 2 rings (SSSR count). The molecular formula is C12H15N5S. The van der Waals surface area contributed by atoms with Gasteiger partial charge in [0.15, 0.2) is 5.84 Å². The van der Waals surface area contributed by atoms with Crippen molar-refractivity contribution in [2.75, 3.05) is 0 Å². The molecule has 1 aliphatic rings. The molecule has 2 heterocycles. The quantitative estimate of drug-likeness (QED) is 0.727. The number of thiophene rings is 1. The van der Waals surface area contributed by atoms with Gasteiger partial charge in [0.05, 0.1) is 6.54 Å². The van der Waals surface area contributed by atoms with E-state index < -0.39 is 0 Å². The fourth-order valence-electron chi connectivity index (χ4n) is 1.59. The molecule has 94 valence electrons. The second-order valence-electron chi connectivity index (χ2n) is 3.63. The third-order valence-corrected chi connectivity index (χ3v) is 3.32. The van der Waals surface area contributed by atoms with E-state index in [1.165, 1.54) is 9.89 Å². The fourth-order valence-corrected chi connectivity index (χ4v) is 2.24. The van der Waals surface area contributed by atoms with Crippen LogP contribution in [0, 0.1) is 5.41 Å². The van der Waals surface area contributed by atoms with Gasteiger partial charge in [-0.25, -0.2) is 5.01 Å². The standard InChI is InChI=1S/C12H15N5S/c1-3-12-16-11(7-10(13)17(12)14-2)15-8-9-5-4-6-18-9/h3-7,13,15-16H,2,8H2,1H3/b12-3-,13-10?. The van der Waals surface area contributed by atoms with Gasteiger partial charge in [-0.1, -0.05) is 6.07 Å². The zero-order valence-electron chi connectivity index (χ0n) is 10.1. The SMILES string of the molecule is C=NN1C(=N)C=C(NCc2cccs2)N/C1=C/C. The first-order valence-corrected chi connectivity index (χ1v) is 6.39. The van der Waals surface area contributed by atoms with Gasteiger partial charge in [-0.05, 0) is 24.4 Å². The molecule has 0 radical (unpaired) electrons. The molecule has 0 spiro atoms. The maximum absolute atomic E-state index is 7.86. The maximum Gasteiger partial charge on any atom is 0.151 e. The maximum atomic E-state index is 7.86.